The maximum absolute atomic E-state index is 14.9. The molecule has 1 aliphatic heterocycles. The lowest BCUT2D eigenvalue weighted by atomic mass is 9.44. The minimum atomic E-state index is -2.35. The third-order valence-corrected chi connectivity index (χ3v) is 17.4. The summed E-state index contributed by atoms with van der Waals surface area (Å²) in [6.45, 7) is 15.7. The summed E-state index contributed by atoms with van der Waals surface area (Å²) < 4.78 is 32.9. The first-order valence-corrected chi connectivity index (χ1v) is 28.0. The second kappa shape index (κ2) is 22.7. The number of H-pyrrole nitrogens is 1. The number of rotatable bonds is 11. The van der Waals surface area contributed by atoms with Crippen molar-refractivity contribution in [3.63, 3.8) is 0 Å². The average molecular weight is 1170 g/mol. The van der Waals surface area contributed by atoms with Gasteiger partial charge >= 0.3 is 29.7 Å². The second-order valence-electron chi connectivity index (χ2n) is 24.5. The van der Waals surface area contributed by atoms with E-state index >= 15 is 0 Å². The Hall–Kier alpha value is -8.15. The Kier molecular flexibility index (Phi) is 16.4. The molecule has 6 aromatic rings. The van der Waals surface area contributed by atoms with Gasteiger partial charge < -0.3 is 64.2 Å². The van der Waals surface area contributed by atoms with Crippen LogP contribution in [-0.4, -0.2) is 140 Å². The number of esters is 3. The molecule has 0 unspecified atom stereocenters. The Morgan fingerprint density at radius 2 is 1.55 bits per heavy atom. The number of Topliss-reactive ketones (excluding diaryl/α,β-unsaturated/α-hetero) is 1. The molecular weight excluding hydrogens is 1100 g/mol. The number of aromatic hydroxyl groups is 2. The fourth-order valence-corrected chi connectivity index (χ4v) is 12.9. The van der Waals surface area contributed by atoms with Crippen molar-refractivity contribution in [3.8, 4) is 28.6 Å². The van der Waals surface area contributed by atoms with Crippen LogP contribution in [0.15, 0.2) is 119 Å². The first-order valence-electron chi connectivity index (χ1n) is 28.0. The van der Waals surface area contributed by atoms with Crippen molar-refractivity contribution in [2.24, 2.45) is 23.8 Å². The summed E-state index contributed by atoms with van der Waals surface area (Å²) in [7, 11) is 1.96. The number of ketones is 1. The maximum Gasteiger partial charge on any atom is 0.408 e. The number of phenolic OH excluding ortho intramolecular Hbond substituents is 2. The van der Waals surface area contributed by atoms with E-state index in [1.165, 1.54) is 36.6 Å². The maximum atomic E-state index is 14.9. The van der Waals surface area contributed by atoms with Crippen molar-refractivity contribution in [2.75, 3.05) is 6.61 Å². The lowest BCUT2D eigenvalue weighted by molar-refractivity contribution is -0.346. The largest absolute Gasteiger partial charge is 0.508 e. The third-order valence-electron chi connectivity index (χ3n) is 17.4. The van der Waals surface area contributed by atoms with Crippen molar-refractivity contribution in [3.05, 3.63) is 142 Å². The van der Waals surface area contributed by atoms with Crippen LogP contribution in [0.25, 0.3) is 28.0 Å². The van der Waals surface area contributed by atoms with Gasteiger partial charge in [-0.2, -0.15) is 5.10 Å². The van der Waals surface area contributed by atoms with E-state index in [1.54, 1.807) is 89.2 Å². The van der Waals surface area contributed by atoms with E-state index in [9.17, 15) is 59.4 Å². The number of aryl methyl sites for hydroxylation is 1. The SMILES string of the molecule is CC(=O)O[C@@]12CO[C@@H]1C[C@H](O)[C@@]1(C)C(=O)[C@H](O)C3=C(C)[C@@H](OC(=O)[C@H](O)[C@@H](NC(=O)OC(C)(C)C)c4ccccc4)C[C@@](O)([C@@H](OC(=O)c4ccccc4)[C@H]21)C3(C)C.CC(C)c1cc(-c2n[nH]c(=O)n2-c2ccc3c(ccn3C)c2)c(O)cc1O. The number of phenols is 2. The van der Waals surface area contributed by atoms with Crippen molar-refractivity contribution in [1.29, 1.82) is 0 Å². The van der Waals surface area contributed by atoms with Gasteiger partial charge in [-0.05, 0) is 105 Å². The molecule has 8 N–H and O–H groups in total. The summed E-state index contributed by atoms with van der Waals surface area (Å²) in [5, 5.41) is 79.6. The topological polar surface area (TPSA) is 321 Å². The van der Waals surface area contributed by atoms with E-state index in [1.807, 2.05) is 55.9 Å². The standard InChI is InChI=1S/C43H53NO14.C20H20N4O3/c1-22-26(55-37(51)32(48)30(24-15-11-9-12-16-24)44-38(52)58-39(3,4)5)20-43(53)35(56-36(50)25-17-13-10-14-18-25)33-41(8,34(49)31(47)29(22)40(43,6)7)27(46)19-28-42(33,21-54-28)57-23(2)45;1-11(2)14-9-15(18(26)10-17(14)25)19-21-22-20(27)24(19)13-4-5-16-12(8-13)6-7-23(16)3/h9-18,26-28,30-33,35,46-48,53H,19-21H2,1-8H3,(H,44,52);4-11,25-26H,1-3H3,(H,22,27)/t26-,27-,28+,30-,31+,32+,33-,35-,41+,42-,43+;/m0./s1. The van der Waals surface area contributed by atoms with Gasteiger partial charge in [0.05, 0.1) is 46.9 Å². The summed E-state index contributed by atoms with van der Waals surface area (Å²) in [6, 6.07) is 25.2. The number of fused-ring (bicyclic) bond motifs is 6. The third kappa shape index (κ3) is 10.9. The van der Waals surface area contributed by atoms with Gasteiger partial charge in [-0.15, -0.1) is 0 Å². The van der Waals surface area contributed by atoms with Crippen LogP contribution >= 0.6 is 0 Å². The van der Waals surface area contributed by atoms with Crippen LogP contribution in [0, 0.1) is 16.7 Å². The van der Waals surface area contributed by atoms with Gasteiger partial charge in [0.1, 0.15) is 47.1 Å². The van der Waals surface area contributed by atoms with Crippen LogP contribution in [-0.2, 0) is 45.1 Å². The Labute approximate surface area is 490 Å². The predicted octanol–water partition coefficient (Wildman–Crippen LogP) is 6.51. The smallest absolute Gasteiger partial charge is 0.408 e. The second-order valence-corrected chi connectivity index (χ2v) is 24.5. The van der Waals surface area contributed by atoms with Crippen LogP contribution in [0.4, 0.5) is 4.79 Å². The van der Waals surface area contributed by atoms with E-state index in [0.717, 1.165) is 17.8 Å². The molecule has 3 fully saturated rings. The van der Waals surface area contributed by atoms with Gasteiger partial charge in [0.15, 0.2) is 23.3 Å². The molecule has 1 amide bonds. The predicted molar refractivity (Wildman–Crippen MR) is 307 cm³/mol. The van der Waals surface area contributed by atoms with Gasteiger partial charge in [-0.25, -0.2) is 28.8 Å². The number of amides is 1. The van der Waals surface area contributed by atoms with Crippen LogP contribution in [0.3, 0.4) is 0 Å². The fraction of sp³-hybridized carbons (Fsp3) is 0.444. The van der Waals surface area contributed by atoms with Crippen LogP contribution in [0.5, 0.6) is 11.5 Å². The Morgan fingerprint density at radius 1 is 0.894 bits per heavy atom. The number of ether oxygens (including phenoxy) is 5. The van der Waals surface area contributed by atoms with Gasteiger partial charge in [0.25, 0.3) is 0 Å². The Balaban J connectivity index is 0.000000265. The van der Waals surface area contributed by atoms with Gasteiger partial charge in [0.2, 0.25) is 0 Å². The molecule has 0 spiro atoms. The van der Waals surface area contributed by atoms with Crippen molar-refractivity contribution < 1.29 is 78.3 Å². The van der Waals surface area contributed by atoms with Crippen molar-refractivity contribution >= 4 is 40.7 Å². The number of hydrogen-bond acceptors (Lipinski definition) is 18. The molecule has 22 nitrogen and oxygen atoms in total. The van der Waals surface area contributed by atoms with Crippen LogP contribution in [0.1, 0.15) is 116 Å². The highest BCUT2D eigenvalue weighted by molar-refractivity contribution is 5.94. The van der Waals surface area contributed by atoms with Gasteiger partial charge in [0, 0.05) is 55.4 Å². The minimum absolute atomic E-state index is 0.0152. The summed E-state index contributed by atoms with van der Waals surface area (Å²) in [5.41, 5.74) is -5.80. The zero-order valence-electron chi connectivity index (χ0n) is 49.1. The number of alkyl carbamates (subject to hydrolysis) is 1. The summed E-state index contributed by atoms with van der Waals surface area (Å²) in [6.07, 6.45) is -9.53. The summed E-state index contributed by atoms with van der Waals surface area (Å²) in [5.74, 6) is -5.16. The highest BCUT2D eigenvalue weighted by Gasteiger charge is 2.78. The van der Waals surface area contributed by atoms with Gasteiger partial charge in [-0.3, -0.25) is 9.59 Å². The Bertz CT molecular complexity index is 3660. The molecule has 452 valence electrons. The molecule has 10 rings (SSSR count). The molecule has 1 saturated heterocycles. The molecule has 2 aromatic heterocycles. The first kappa shape index (κ1) is 61.4. The van der Waals surface area contributed by atoms with Gasteiger partial charge in [-0.1, -0.05) is 76.2 Å². The number of hydrogen-bond donors (Lipinski definition) is 8. The summed E-state index contributed by atoms with van der Waals surface area (Å²) >= 11 is 0. The lowest BCUT2D eigenvalue weighted by Crippen LogP contribution is -2.81. The van der Waals surface area contributed by atoms with E-state index in [4.69, 9.17) is 23.7 Å². The van der Waals surface area contributed by atoms with E-state index in [2.05, 4.69) is 15.5 Å². The monoisotopic (exact) mass is 1170 g/mol. The molecule has 3 heterocycles. The molecule has 2 saturated carbocycles. The molecule has 85 heavy (non-hydrogen) atoms. The van der Waals surface area contributed by atoms with E-state index < -0.39 is 118 Å². The fourth-order valence-electron chi connectivity index (χ4n) is 12.9. The number of carbonyl (C=O) groups is 5. The number of aromatic amines is 1. The number of benzene rings is 4. The number of aromatic nitrogens is 4. The van der Waals surface area contributed by atoms with E-state index in [-0.39, 0.29) is 53.0 Å². The molecule has 2 bridgehead atoms. The molecule has 4 aromatic carbocycles. The zero-order chi connectivity index (χ0) is 62.0. The average Bonchev–Trinajstić information content (AvgIpc) is 1.37. The summed E-state index contributed by atoms with van der Waals surface area (Å²) in [4.78, 5) is 81.4. The minimum Gasteiger partial charge on any atom is -0.508 e. The number of nitrogens with one attached hydrogen (secondary N) is 2. The van der Waals surface area contributed by atoms with Crippen molar-refractivity contribution in [2.45, 2.75) is 147 Å². The lowest BCUT2D eigenvalue weighted by Gasteiger charge is -2.67. The highest BCUT2D eigenvalue weighted by atomic mass is 16.6. The number of aliphatic hydroxyl groups is 4. The quantitative estimate of drug-likeness (QED) is 0.0389. The number of carbonyl (C=O) groups excluding carboxylic acids is 5. The van der Waals surface area contributed by atoms with Crippen LogP contribution in [0.2, 0.25) is 0 Å². The number of nitrogens with zero attached hydrogens (tertiary/aromatic N) is 3. The van der Waals surface area contributed by atoms with Crippen LogP contribution < -0.4 is 11.0 Å². The molecule has 3 aliphatic carbocycles. The molecule has 22 heteroatoms. The van der Waals surface area contributed by atoms with E-state index in [0.29, 0.717) is 22.4 Å². The van der Waals surface area contributed by atoms with Crippen molar-refractivity contribution in [1.82, 2.24) is 24.6 Å². The molecule has 0 radical (unpaired) electrons. The normalized spacial score (nSPS) is 26.7. The first-order chi connectivity index (χ1) is 39.9. The Morgan fingerprint density at radius 3 is 2.16 bits per heavy atom. The molecule has 4 aliphatic rings. The molecular formula is C63H73N5O17. The highest BCUT2D eigenvalue weighted by Crippen LogP contribution is 2.64. The molecule has 11 atom stereocenters. The zero-order valence-corrected chi connectivity index (χ0v) is 49.1. The number of aliphatic hydroxyl groups excluding tert-OH is 3.